The molecule has 2 saturated heterocycles. The van der Waals surface area contributed by atoms with Gasteiger partial charge < -0.3 is 18.8 Å². The molecule has 5 aromatic rings. The Labute approximate surface area is 276 Å². The van der Waals surface area contributed by atoms with Crippen LogP contribution < -0.4 is 9.47 Å². The number of nitriles is 1. The zero-order chi connectivity index (χ0) is 33.9. The minimum absolute atomic E-state index is 0.0107. The van der Waals surface area contributed by atoms with Gasteiger partial charge in [0.1, 0.15) is 22.9 Å². The van der Waals surface area contributed by atoms with Crippen LogP contribution in [-0.2, 0) is 29.8 Å². The quantitative estimate of drug-likeness (QED) is 0.222. The standard InChI is InChI=1S/C33H29F4N9O3/c1-32(22-6-5-18(15-38)13-23(22)34)48-26-4-2-3-21(28(26)49-32)19-7-10-45(11-8-19)17-27-39-25-14-24(29-40-31(44-42-29)33(35,36)37)41-43-30(25)46(27)16-20-9-12-47-20/h2-6,13-14,19-20H,7-12,16-17H2,1H3,(H,40,42,44). The predicted octanol–water partition coefficient (Wildman–Crippen LogP) is 5.45. The van der Waals surface area contributed by atoms with Crippen LogP contribution in [0.4, 0.5) is 17.6 Å². The van der Waals surface area contributed by atoms with E-state index in [9.17, 15) is 17.6 Å². The molecule has 3 aliphatic rings. The SMILES string of the molecule is CC1(c2ccc(C#N)cc2F)Oc2cccc(C3CCN(Cc4nc5cc(-c6n[nH]c(C(F)(F)F)n6)nnc5n4CC4CCO4)CC3)c2O1. The third-order valence-corrected chi connectivity index (χ3v) is 9.33. The lowest BCUT2D eigenvalue weighted by Crippen LogP contribution is -2.35. The minimum atomic E-state index is -4.67. The number of imidazole rings is 1. The van der Waals surface area contributed by atoms with Crippen LogP contribution in [0.2, 0.25) is 0 Å². The smallest absolute Gasteiger partial charge is 0.444 e. The summed E-state index contributed by atoms with van der Waals surface area (Å²) in [7, 11) is 0. The molecule has 252 valence electrons. The number of aromatic amines is 1. The lowest BCUT2D eigenvalue weighted by Gasteiger charge is -2.33. The molecule has 0 spiro atoms. The van der Waals surface area contributed by atoms with E-state index in [0.717, 1.165) is 43.7 Å². The highest BCUT2D eigenvalue weighted by Gasteiger charge is 2.43. The molecule has 8 rings (SSSR count). The zero-order valence-corrected chi connectivity index (χ0v) is 26.2. The van der Waals surface area contributed by atoms with Crippen LogP contribution in [0.25, 0.3) is 22.7 Å². The molecule has 0 saturated carbocycles. The molecule has 0 bridgehead atoms. The van der Waals surface area contributed by atoms with E-state index in [1.54, 1.807) is 19.1 Å². The molecule has 2 atom stereocenters. The number of alkyl halides is 3. The van der Waals surface area contributed by atoms with Crippen molar-refractivity contribution in [3.8, 4) is 29.1 Å². The second-order valence-corrected chi connectivity index (χ2v) is 12.5. The van der Waals surface area contributed by atoms with Gasteiger partial charge in [-0.05, 0) is 68.6 Å². The van der Waals surface area contributed by atoms with Gasteiger partial charge in [0.05, 0.1) is 36.4 Å². The molecule has 2 aromatic carbocycles. The van der Waals surface area contributed by atoms with Crippen molar-refractivity contribution in [1.29, 1.82) is 5.26 Å². The van der Waals surface area contributed by atoms with Gasteiger partial charge in [-0.1, -0.05) is 12.1 Å². The van der Waals surface area contributed by atoms with E-state index in [-0.39, 0.29) is 34.7 Å². The first-order valence-electron chi connectivity index (χ1n) is 15.9. The number of piperidine rings is 1. The summed E-state index contributed by atoms with van der Waals surface area (Å²) in [6, 6.07) is 13.5. The summed E-state index contributed by atoms with van der Waals surface area (Å²) in [6.45, 7) is 4.92. The molecule has 1 N–H and O–H groups in total. The van der Waals surface area contributed by atoms with Crippen molar-refractivity contribution < 1.29 is 31.8 Å². The molecule has 3 aliphatic heterocycles. The summed E-state index contributed by atoms with van der Waals surface area (Å²) in [5.74, 6) is -1.33. The second-order valence-electron chi connectivity index (χ2n) is 12.5. The number of rotatable bonds is 7. The highest BCUT2D eigenvalue weighted by molar-refractivity contribution is 5.75. The fourth-order valence-corrected chi connectivity index (χ4v) is 6.66. The van der Waals surface area contributed by atoms with Gasteiger partial charge in [0.2, 0.25) is 11.6 Å². The molecular weight excluding hydrogens is 646 g/mol. The number of likely N-dealkylation sites (tertiary alicyclic amines) is 1. The van der Waals surface area contributed by atoms with Gasteiger partial charge in [-0.3, -0.25) is 10.00 Å². The van der Waals surface area contributed by atoms with E-state index in [2.05, 4.69) is 25.2 Å². The number of H-pyrrole nitrogens is 1. The monoisotopic (exact) mass is 675 g/mol. The van der Waals surface area contributed by atoms with Crippen LogP contribution in [0.5, 0.6) is 11.5 Å². The number of fused-ring (bicyclic) bond motifs is 2. The van der Waals surface area contributed by atoms with Crippen LogP contribution in [0, 0.1) is 17.1 Å². The number of benzene rings is 2. The molecule has 2 fully saturated rings. The number of halogens is 4. The van der Waals surface area contributed by atoms with Gasteiger partial charge in [-0.15, -0.1) is 10.2 Å². The van der Waals surface area contributed by atoms with Gasteiger partial charge in [0.15, 0.2) is 17.1 Å². The van der Waals surface area contributed by atoms with Gasteiger partial charge in [-0.25, -0.2) is 14.4 Å². The maximum atomic E-state index is 15.0. The molecule has 49 heavy (non-hydrogen) atoms. The topological polar surface area (TPSA) is 140 Å². The number of para-hydroxylation sites is 1. The fraction of sp³-hybridized carbons (Fsp3) is 0.394. The summed E-state index contributed by atoms with van der Waals surface area (Å²) < 4.78 is 74.4. The Kier molecular flexibility index (Phi) is 7.49. The predicted molar refractivity (Wildman–Crippen MR) is 163 cm³/mol. The third kappa shape index (κ3) is 5.72. The van der Waals surface area contributed by atoms with Crippen molar-refractivity contribution in [3.05, 3.63) is 76.6 Å². The largest absolute Gasteiger partial charge is 0.451 e. The van der Waals surface area contributed by atoms with E-state index in [4.69, 9.17) is 24.5 Å². The van der Waals surface area contributed by atoms with E-state index in [1.807, 2.05) is 33.9 Å². The average Bonchev–Trinajstić information content (AvgIpc) is 3.78. The third-order valence-electron chi connectivity index (χ3n) is 9.33. The van der Waals surface area contributed by atoms with E-state index < -0.39 is 23.6 Å². The Balaban J connectivity index is 0.996. The van der Waals surface area contributed by atoms with E-state index in [1.165, 1.54) is 12.1 Å². The van der Waals surface area contributed by atoms with Gasteiger partial charge in [0, 0.05) is 19.1 Å². The Bertz CT molecular complexity index is 2100. The van der Waals surface area contributed by atoms with Crippen molar-refractivity contribution in [2.45, 2.75) is 63.3 Å². The summed E-state index contributed by atoms with van der Waals surface area (Å²) in [5.41, 5.74) is 2.48. The molecule has 0 radical (unpaired) electrons. The fourth-order valence-electron chi connectivity index (χ4n) is 6.66. The maximum Gasteiger partial charge on any atom is 0.451 e. The zero-order valence-electron chi connectivity index (χ0n) is 26.2. The highest BCUT2D eigenvalue weighted by Crippen LogP contribution is 2.49. The highest BCUT2D eigenvalue weighted by atomic mass is 19.4. The molecule has 0 aliphatic carbocycles. The normalized spacial score (nSPS) is 21.2. The average molecular weight is 676 g/mol. The molecule has 6 heterocycles. The van der Waals surface area contributed by atoms with Gasteiger partial charge >= 0.3 is 6.18 Å². The number of nitrogens with zero attached hydrogens (tertiary/aromatic N) is 8. The summed E-state index contributed by atoms with van der Waals surface area (Å²) in [6.07, 6.45) is -2.11. The Morgan fingerprint density at radius 1 is 1.06 bits per heavy atom. The molecule has 16 heteroatoms. The van der Waals surface area contributed by atoms with Gasteiger partial charge in [0.25, 0.3) is 5.79 Å². The summed E-state index contributed by atoms with van der Waals surface area (Å²) in [5, 5.41) is 23.2. The second kappa shape index (κ2) is 11.8. The molecule has 2 unspecified atom stereocenters. The molecular formula is C33H29F4N9O3. The first-order chi connectivity index (χ1) is 23.6. The van der Waals surface area contributed by atoms with Crippen LogP contribution in [0.15, 0.2) is 42.5 Å². The lowest BCUT2D eigenvalue weighted by atomic mass is 9.88. The summed E-state index contributed by atoms with van der Waals surface area (Å²) >= 11 is 0. The van der Waals surface area contributed by atoms with Gasteiger partial charge in [-0.2, -0.15) is 23.5 Å². The summed E-state index contributed by atoms with van der Waals surface area (Å²) in [4.78, 5) is 10.7. The van der Waals surface area contributed by atoms with Crippen molar-refractivity contribution in [2.24, 2.45) is 0 Å². The molecule has 0 amide bonds. The van der Waals surface area contributed by atoms with Crippen LogP contribution in [0.1, 0.15) is 60.4 Å². The van der Waals surface area contributed by atoms with Crippen molar-refractivity contribution in [1.82, 2.24) is 39.8 Å². The van der Waals surface area contributed by atoms with Crippen LogP contribution >= 0.6 is 0 Å². The first kappa shape index (κ1) is 31.1. The van der Waals surface area contributed by atoms with E-state index >= 15 is 0 Å². The molecule has 12 nitrogen and oxygen atoms in total. The Morgan fingerprint density at radius 2 is 1.88 bits per heavy atom. The number of nitrogens with one attached hydrogen (secondary N) is 1. The first-order valence-corrected chi connectivity index (χ1v) is 15.9. The number of aromatic nitrogens is 7. The lowest BCUT2D eigenvalue weighted by molar-refractivity contribution is -0.144. The molecule has 3 aromatic heterocycles. The van der Waals surface area contributed by atoms with Crippen LogP contribution in [-0.4, -0.2) is 65.6 Å². The number of ether oxygens (including phenoxy) is 3. The van der Waals surface area contributed by atoms with E-state index in [0.29, 0.717) is 42.4 Å². The van der Waals surface area contributed by atoms with Crippen LogP contribution in [0.3, 0.4) is 0 Å². The Morgan fingerprint density at radius 3 is 2.57 bits per heavy atom. The minimum Gasteiger partial charge on any atom is -0.444 e. The van der Waals surface area contributed by atoms with Crippen molar-refractivity contribution in [3.63, 3.8) is 0 Å². The van der Waals surface area contributed by atoms with Crippen molar-refractivity contribution in [2.75, 3.05) is 19.7 Å². The number of hydrogen-bond acceptors (Lipinski definition) is 10. The number of hydrogen-bond donors (Lipinski definition) is 1. The maximum absolute atomic E-state index is 15.0. The Hall–Kier alpha value is -5.14. The van der Waals surface area contributed by atoms with Crippen molar-refractivity contribution >= 4 is 11.2 Å².